The predicted octanol–water partition coefficient (Wildman–Crippen LogP) is 1.33. The summed E-state index contributed by atoms with van der Waals surface area (Å²) in [5, 5.41) is 10.8. The number of pyridine rings is 1. The van der Waals surface area contributed by atoms with Crippen LogP contribution in [0.15, 0.2) is 54.0 Å². The molecule has 3 aromatic heterocycles. The second-order valence-electron chi connectivity index (χ2n) is 5.50. The first-order chi connectivity index (χ1) is 11.8. The Kier molecular flexibility index (Phi) is 5.44. The van der Waals surface area contributed by atoms with Gasteiger partial charge in [0.05, 0.1) is 5.69 Å². The van der Waals surface area contributed by atoms with Crippen molar-refractivity contribution in [3.05, 3.63) is 54.7 Å². The zero-order valence-corrected chi connectivity index (χ0v) is 13.9. The van der Waals surface area contributed by atoms with E-state index in [-0.39, 0.29) is 0 Å². The molecule has 3 rings (SSSR count). The molecule has 0 spiro atoms. The van der Waals surface area contributed by atoms with Crippen molar-refractivity contribution in [2.24, 2.45) is 4.99 Å². The molecule has 0 aliphatic rings. The van der Waals surface area contributed by atoms with Crippen LogP contribution in [0.3, 0.4) is 0 Å². The highest BCUT2D eigenvalue weighted by Gasteiger charge is 2.02. The van der Waals surface area contributed by atoms with Crippen LogP contribution in [0.2, 0.25) is 0 Å². The van der Waals surface area contributed by atoms with Crippen molar-refractivity contribution in [1.82, 2.24) is 29.8 Å². The number of hydrogen-bond acceptors (Lipinski definition) is 3. The van der Waals surface area contributed by atoms with Gasteiger partial charge in [-0.15, -0.1) is 0 Å². The van der Waals surface area contributed by atoms with Crippen molar-refractivity contribution in [2.45, 2.75) is 19.4 Å². The van der Waals surface area contributed by atoms with Crippen LogP contribution in [0.4, 0.5) is 0 Å². The van der Waals surface area contributed by atoms with Crippen LogP contribution in [0, 0.1) is 0 Å². The number of guanidine groups is 1. The SMILES string of the molecule is CN=C(NCCCn1cccn1)NCCc1cn2ccccc2n1. The van der Waals surface area contributed by atoms with Crippen LogP contribution >= 0.6 is 0 Å². The molecule has 0 saturated carbocycles. The van der Waals surface area contributed by atoms with E-state index >= 15 is 0 Å². The van der Waals surface area contributed by atoms with Crippen molar-refractivity contribution >= 4 is 11.6 Å². The lowest BCUT2D eigenvalue weighted by Crippen LogP contribution is -2.39. The van der Waals surface area contributed by atoms with Gasteiger partial charge in [-0.3, -0.25) is 9.67 Å². The van der Waals surface area contributed by atoms with E-state index in [1.165, 1.54) is 0 Å². The Labute approximate surface area is 141 Å². The lowest BCUT2D eigenvalue weighted by Gasteiger charge is -2.11. The number of hydrogen-bond donors (Lipinski definition) is 2. The van der Waals surface area contributed by atoms with Gasteiger partial charge in [-0.25, -0.2) is 4.98 Å². The highest BCUT2D eigenvalue weighted by atomic mass is 15.3. The first-order valence-corrected chi connectivity index (χ1v) is 8.20. The van der Waals surface area contributed by atoms with Crippen LogP contribution < -0.4 is 10.6 Å². The maximum absolute atomic E-state index is 4.59. The van der Waals surface area contributed by atoms with Gasteiger partial charge in [-0.1, -0.05) is 6.07 Å². The molecule has 24 heavy (non-hydrogen) atoms. The minimum atomic E-state index is 0.794. The van der Waals surface area contributed by atoms with E-state index < -0.39 is 0 Å². The molecule has 0 amide bonds. The minimum Gasteiger partial charge on any atom is -0.356 e. The molecular formula is C17H23N7. The highest BCUT2D eigenvalue weighted by molar-refractivity contribution is 5.79. The summed E-state index contributed by atoms with van der Waals surface area (Å²) < 4.78 is 3.97. The monoisotopic (exact) mass is 325 g/mol. The summed E-state index contributed by atoms with van der Waals surface area (Å²) in [5.41, 5.74) is 2.05. The van der Waals surface area contributed by atoms with Crippen LogP contribution in [-0.4, -0.2) is 45.3 Å². The molecule has 0 radical (unpaired) electrons. The summed E-state index contributed by atoms with van der Waals surface area (Å²) in [7, 11) is 1.79. The first-order valence-electron chi connectivity index (χ1n) is 8.20. The van der Waals surface area contributed by atoms with Crippen LogP contribution in [-0.2, 0) is 13.0 Å². The summed E-state index contributed by atoms with van der Waals surface area (Å²) in [6, 6.07) is 7.95. The van der Waals surface area contributed by atoms with Crippen LogP contribution in [0.1, 0.15) is 12.1 Å². The molecule has 0 saturated heterocycles. The van der Waals surface area contributed by atoms with E-state index in [1.807, 2.05) is 45.7 Å². The summed E-state index contributed by atoms with van der Waals surface area (Å²) in [4.78, 5) is 8.84. The van der Waals surface area contributed by atoms with E-state index in [4.69, 9.17) is 0 Å². The molecule has 0 aliphatic carbocycles. The van der Waals surface area contributed by atoms with Crippen LogP contribution in [0.5, 0.6) is 0 Å². The van der Waals surface area contributed by atoms with Crippen molar-refractivity contribution < 1.29 is 0 Å². The third kappa shape index (κ3) is 4.34. The number of nitrogens with zero attached hydrogens (tertiary/aromatic N) is 5. The number of rotatable bonds is 7. The largest absolute Gasteiger partial charge is 0.356 e. The summed E-state index contributed by atoms with van der Waals surface area (Å²) >= 11 is 0. The van der Waals surface area contributed by atoms with Crippen LogP contribution in [0.25, 0.3) is 5.65 Å². The fraction of sp³-hybridized carbons (Fsp3) is 0.353. The molecule has 0 bridgehead atoms. The third-order valence-electron chi connectivity index (χ3n) is 3.73. The zero-order valence-electron chi connectivity index (χ0n) is 13.9. The summed E-state index contributed by atoms with van der Waals surface area (Å²) in [6.45, 7) is 2.55. The second kappa shape index (κ2) is 8.14. The normalized spacial score (nSPS) is 11.8. The molecule has 126 valence electrons. The van der Waals surface area contributed by atoms with Gasteiger partial charge in [-0.2, -0.15) is 5.10 Å². The van der Waals surface area contributed by atoms with Gasteiger partial charge in [-0.05, 0) is 24.6 Å². The number of imidazole rings is 1. The topological polar surface area (TPSA) is 71.5 Å². The van der Waals surface area contributed by atoms with Gasteiger partial charge in [0.2, 0.25) is 0 Å². The van der Waals surface area contributed by atoms with Crippen molar-refractivity contribution in [1.29, 1.82) is 0 Å². The van der Waals surface area contributed by atoms with Gasteiger partial charge < -0.3 is 15.0 Å². The van der Waals surface area contributed by atoms with E-state index in [0.29, 0.717) is 0 Å². The van der Waals surface area contributed by atoms with Gasteiger partial charge >= 0.3 is 0 Å². The van der Waals surface area contributed by atoms with Gasteiger partial charge in [0.15, 0.2) is 5.96 Å². The molecule has 0 atom stereocenters. The van der Waals surface area contributed by atoms with Crippen molar-refractivity contribution in [2.75, 3.05) is 20.1 Å². The highest BCUT2D eigenvalue weighted by Crippen LogP contribution is 2.04. The van der Waals surface area contributed by atoms with Crippen molar-refractivity contribution in [3.63, 3.8) is 0 Å². The standard InChI is InChI=1S/C17H23N7/c1-18-17(19-8-4-12-24-13-5-9-21-24)20-10-7-15-14-23-11-3-2-6-16(23)22-15/h2-3,5-6,9,11,13-14H,4,7-8,10,12H2,1H3,(H2,18,19,20). The van der Waals surface area contributed by atoms with Gasteiger partial charge in [0.25, 0.3) is 0 Å². The lowest BCUT2D eigenvalue weighted by atomic mass is 10.3. The Bertz CT molecular complexity index is 740. The van der Waals surface area contributed by atoms with E-state index in [1.54, 1.807) is 13.2 Å². The average Bonchev–Trinajstić information content (AvgIpc) is 3.25. The molecule has 3 aromatic rings. The summed E-state index contributed by atoms with van der Waals surface area (Å²) in [6.07, 6.45) is 9.70. The fourth-order valence-corrected chi connectivity index (χ4v) is 2.52. The zero-order chi connectivity index (χ0) is 16.6. The quantitative estimate of drug-likeness (QED) is 0.390. The van der Waals surface area contributed by atoms with E-state index in [2.05, 4.69) is 31.9 Å². The molecule has 2 N–H and O–H groups in total. The maximum Gasteiger partial charge on any atom is 0.190 e. The average molecular weight is 325 g/mol. The van der Waals surface area contributed by atoms with E-state index in [9.17, 15) is 0 Å². The molecule has 3 heterocycles. The number of nitrogens with one attached hydrogen (secondary N) is 2. The molecular weight excluding hydrogens is 302 g/mol. The number of aryl methyl sites for hydroxylation is 1. The number of aliphatic imine (C=N–C) groups is 1. The predicted molar refractivity (Wildman–Crippen MR) is 95.1 cm³/mol. The fourth-order valence-electron chi connectivity index (χ4n) is 2.52. The molecule has 7 heteroatoms. The smallest absolute Gasteiger partial charge is 0.190 e. The maximum atomic E-state index is 4.59. The van der Waals surface area contributed by atoms with Crippen molar-refractivity contribution in [3.8, 4) is 0 Å². The number of aromatic nitrogens is 4. The summed E-state index contributed by atoms with van der Waals surface area (Å²) in [5.74, 6) is 0.819. The Morgan fingerprint density at radius 3 is 2.88 bits per heavy atom. The lowest BCUT2D eigenvalue weighted by molar-refractivity contribution is 0.570. The molecule has 0 unspecified atom stereocenters. The van der Waals surface area contributed by atoms with Gasteiger partial charge in [0.1, 0.15) is 5.65 Å². The number of fused-ring (bicyclic) bond motifs is 1. The Morgan fingerprint density at radius 2 is 2.08 bits per heavy atom. The molecule has 0 aliphatic heterocycles. The molecule has 7 nitrogen and oxygen atoms in total. The Morgan fingerprint density at radius 1 is 1.17 bits per heavy atom. The van der Waals surface area contributed by atoms with E-state index in [0.717, 1.165) is 49.8 Å². The van der Waals surface area contributed by atoms with Gasteiger partial charge in [0, 0.05) is 57.9 Å². The minimum absolute atomic E-state index is 0.794. The third-order valence-corrected chi connectivity index (χ3v) is 3.73. The Balaban J connectivity index is 1.37. The molecule has 0 fully saturated rings. The Hall–Kier alpha value is -2.83. The molecule has 0 aromatic carbocycles. The second-order valence-corrected chi connectivity index (χ2v) is 5.50. The first kappa shape index (κ1) is 16.0.